The molecular formula is C8H13FN2O. The van der Waals surface area contributed by atoms with Crippen molar-refractivity contribution in [2.75, 3.05) is 0 Å². The first-order chi connectivity index (χ1) is 5.63. The van der Waals surface area contributed by atoms with E-state index in [1.165, 1.54) is 0 Å². The number of rotatable bonds is 3. The largest absolute Gasteiger partial charge is 0.443 e. The molecule has 0 fully saturated rings. The summed E-state index contributed by atoms with van der Waals surface area (Å²) in [5.41, 5.74) is 6.15. The highest BCUT2D eigenvalue weighted by Crippen LogP contribution is 2.12. The predicted molar refractivity (Wildman–Crippen MR) is 43.4 cm³/mol. The highest BCUT2D eigenvalue weighted by Gasteiger charge is 2.09. The molecule has 4 heteroatoms. The number of halogens is 1. The Bertz CT molecular complexity index is 258. The molecule has 0 saturated carbocycles. The van der Waals surface area contributed by atoms with Crippen molar-refractivity contribution in [3.05, 3.63) is 17.3 Å². The van der Waals surface area contributed by atoms with Crippen LogP contribution in [-0.2, 0) is 13.1 Å². The van der Waals surface area contributed by atoms with Gasteiger partial charge in [-0.1, -0.05) is 0 Å². The second-order valence-electron chi connectivity index (χ2n) is 2.93. The molecule has 1 heterocycles. The zero-order valence-corrected chi connectivity index (χ0v) is 7.30. The van der Waals surface area contributed by atoms with Gasteiger partial charge in [0.15, 0.2) is 11.7 Å². The second kappa shape index (κ2) is 3.67. The van der Waals surface area contributed by atoms with Crippen LogP contribution >= 0.6 is 0 Å². The van der Waals surface area contributed by atoms with E-state index in [9.17, 15) is 4.39 Å². The molecule has 0 bridgehead atoms. The van der Waals surface area contributed by atoms with Crippen LogP contribution in [0.15, 0.2) is 4.42 Å². The third-order valence-corrected chi connectivity index (χ3v) is 1.55. The van der Waals surface area contributed by atoms with Gasteiger partial charge in [0.05, 0.1) is 5.69 Å². The van der Waals surface area contributed by atoms with Crippen LogP contribution in [-0.4, -0.2) is 11.0 Å². The maximum atomic E-state index is 12.2. The average Bonchev–Trinajstić information content (AvgIpc) is 2.29. The summed E-state index contributed by atoms with van der Waals surface area (Å²) in [4.78, 5) is 4.03. The average molecular weight is 172 g/mol. The van der Waals surface area contributed by atoms with Gasteiger partial charge < -0.3 is 10.2 Å². The van der Waals surface area contributed by atoms with E-state index in [0.29, 0.717) is 23.8 Å². The lowest BCUT2D eigenvalue weighted by atomic mass is 10.2. The van der Waals surface area contributed by atoms with E-state index in [-0.39, 0.29) is 6.04 Å². The molecule has 3 nitrogen and oxygen atoms in total. The number of nitrogens with zero attached hydrogens (tertiary/aromatic N) is 1. The minimum absolute atomic E-state index is 0.00416. The number of hydrogen-bond acceptors (Lipinski definition) is 3. The van der Waals surface area contributed by atoms with Crippen LogP contribution in [0, 0.1) is 6.92 Å². The van der Waals surface area contributed by atoms with Crippen LogP contribution in [0.1, 0.15) is 24.3 Å². The second-order valence-corrected chi connectivity index (χ2v) is 2.93. The lowest BCUT2D eigenvalue weighted by Gasteiger charge is -1.97. The first kappa shape index (κ1) is 9.19. The van der Waals surface area contributed by atoms with Crippen LogP contribution in [0.5, 0.6) is 0 Å². The number of aromatic nitrogens is 1. The van der Waals surface area contributed by atoms with Crippen molar-refractivity contribution in [2.45, 2.75) is 33.0 Å². The lowest BCUT2D eigenvalue weighted by Crippen LogP contribution is -2.17. The van der Waals surface area contributed by atoms with E-state index >= 15 is 0 Å². The Balaban J connectivity index is 2.75. The van der Waals surface area contributed by atoms with Gasteiger partial charge in [-0.25, -0.2) is 9.37 Å². The van der Waals surface area contributed by atoms with E-state index in [1.807, 2.05) is 6.92 Å². The molecule has 0 aliphatic heterocycles. The van der Waals surface area contributed by atoms with Gasteiger partial charge in [0, 0.05) is 12.5 Å². The molecule has 1 atom stereocenters. The number of alkyl halides is 1. The molecular weight excluding hydrogens is 159 g/mol. The fourth-order valence-electron chi connectivity index (χ4n) is 0.975. The monoisotopic (exact) mass is 172 g/mol. The topological polar surface area (TPSA) is 52.0 Å². The Kier molecular flexibility index (Phi) is 2.81. The Hall–Kier alpha value is -0.900. The van der Waals surface area contributed by atoms with Crippen LogP contribution in [0.2, 0.25) is 0 Å². The molecule has 12 heavy (non-hydrogen) atoms. The van der Waals surface area contributed by atoms with E-state index in [4.69, 9.17) is 10.2 Å². The first-order valence-electron chi connectivity index (χ1n) is 3.90. The van der Waals surface area contributed by atoms with Crippen molar-refractivity contribution < 1.29 is 8.81 Å². The van der Waals surface area contributed by atoms with Gasteiger partial charge in [-0.15, -0.1) is 0 Å². The molecule has 0 aliphatic carbocycles. The molecule has 1 rings (SSSR count). The van der Waals surface area contributed by atoms with E-state index in [0.717, 1.165) is 0 Å². The number of hydrogen-bond donors (Lipinski definition) is 1. The van der Waals surface area contributed by atoms with Crippen molar-refractivity contribution in [3.8, 4) is 0 Å². The molecule has 1 aromatic heterocycles. The summed E-state index contributed by atoms with van der Waals surface area (Å²) >= 11 is 0. The van der Waals surface area contributed by atoms with Crippen molar-refractivity contribution in [1.29, 1.82) is 0 Å². The molecule has 1 unspecified atom stereocenters. The highest BCUT2D eigenvalue weighted by atomic mass is 19.1. The Labute approximate surface area is 70.8 Å². The standard InChI is InChI=1S/C8H13FN2O/c1-5(10)3-8-11-6(2)7(4-9)12-8/h5H,3-4,10H2,1-2H3. The van der Waals surface area contributed by atoms with Gasteiger partial charge in [-0.05, 0) is 13.8 Å². The van der Waals surface area contributed by atoms with Crippen LogP contribution in [0.25, 0.3) is 0 Å². The summed E-state index contributed by atoms with van der Waals surface area (Å²) < 4.78 is 17.3. The number of oxazole rings is 1. The van der Waals surface area contributed by atoms with Gasteiger partial charge in [0.2, 0.25) is 0 Å². The summed E-state index contributed by atoms with van der Waals surface area (Å²) in [6, 6.07) is -0.00416. The molecule has 0 amide bonds. The minimum Gasteiger partial charge on any atom is -0.443 e. The normalized spacial score (nSPS) is 13.3. The van der Waals surface area contributed by atoms with E-state index in [1.54, 1.807) is 6.92 Å². The third kappa shape index (κ3) is 2.04. The van der Waals surface area contributed by atoms with Crippen LogP contribution in [0.3, 0.4) is 0 Å². The maximum Gasteiger partial charge on any atom is 0.196 e. The summed E-state index contributed by atoms with van der Waals surface area (Å²) in [6.45, 7) is 2.98. The van der Waals surface area contributed by atoms with E-state index in [2.05, 4.69) is 4.98 Å². The fraction of sp³-hybridized carbons (Fsp3) is 0.625. The molecule has 1 aromatic rings. The number of aryl methyl sites for hydroxylation is 1. The zero-order chi connectivity index (χ0) is 9.14. The summed E-state index contributed by atoms with van der Waals surface area (Å²) in [5.74, 6) is 0.834. The number of nitrogens with two attached hydrogens (primary N) is 1. The van der Waals surface area contributed by atoms with Gasteiger partial charge >= 0.3 is 0 Å². The molecule has 0 radical (unpaired) electrons. The SMILES string of the molecule is Cc1nc(CC(C)N)oc1CF. The van der Waals surface area contributed by atoms with Gasteiger partial charge in [0.1, 0.15) is 6.67 Å². The van der Waals surface area contributed by atoms with Gasteiger partial charge in [-0.3, -0.25) is 0 Å². The van der Waals surface area contributed by atoms with Crippen LogP contribution in [0.4, 0.5) is 4.39 Å². The molecule has 2 N–H and O–H groups in total. The summed E-state index contributed by atoms with van der Waals surface area (Å²) in [7, 11) is 0. The summed E-state index contributed by atoms with van der Waals surface area (Å²) in [5, 5.41) is 0. The third-order valence-electron chi connectivity index (χ3n) is 1.55. The summed E-state index contributed by atoms with van der Waals surface area (Å²) in [6.07, 6.45) is 0.556. The van der Waals surface area contributed by atoms with Crippen molar-refractivity contribution in [1.82, 2.24) is 4.98 Å². The maximum absolute atomic E-state index is 12.2. The van der Waals surface area contributed by atoms with Gasteiger partial charge in [-0.2, -0.15) is 0 Å². The van der Waals surface area contributed by atoms with Gasteiger partial charge in [0.25, 0.3) is 0 Å². The molecule has 0 saturated heterocycles. The minimum atomic E-state index is -0.599. The van der Waals surface area contributed by atoms with Crippen molar-refractivity contribution in [2.24, 2.45) is 5.73 Å². The fourth-order valence-corrected chi connectivity index (χ4v) is 0.975. The highest BCUT2D eigenvalue weighted by molar-refractivity contribution is 5.07. The molecule has 68 valence electrons. The predicted octanol–water partition coefficient (Wildman–Crippen LogP) is 1.34. The molecule has 0 spiro atoms. The Morgan fingerprint density at radius 1 is 1.67 bits per heavy atom. The first-order valence-corrected chi connectivity index (χ1v) is 3.90. The molecule has 0 aromatic carbocycles. The smallest absolute Gasteiger partial charge is 0.196 e. The van der Waals surface area contributed by atoms with E-state index < -0.39 is 6.67 Å². The Morgan fingerprint density at radius 2 is 2.33 bits per heavy atom. The Morgan fingerprint density at radius 3 is 2.75 bits per heavy atom. The van der Waals surface area contributed by atoms with Crippen molar-refractivity contribution in [3.63, 3.8) is 0 Å². The lowest BCUT2D eigenvalue weighted by molar-refractivity contribution is 0.369. The zero-order valence-electron chi connectivity index (χ0n) is 7.30. The molecule has 0 aliphatic rings. The quantitative estimate of drug-likeness (QED) is 0.748. The van der Waals surface area contributed by atoms with Crippen molar-refractivity contribution >= 4 is 0 Å². The van der Waals surface area contributed by atoms with Crippen LogP contribution < -0.4 is 5.73 Å².